The summed E-state index contributed by atoms with van der Waals surface area (Å²) >= 11 is 7.64. The Balaban J connectivity index is 1.70. The number of nitrogens with one attached hydrogen (secondary N) is 1. The summed E-state index contributed by atoms with van der Waals surface area (Å²) in [4.78, 5) is 14.8. The van der Waals surface area contributed by atoms with Gasteiger partial charge in [0.2, 0.25) is 0 Å². The highest BCUT2D eigenvalue weighted by Crippen LogP contribution is 2.26. The van der Waals surface area contributed by atoms with Crippen molar-refractivity contribution in [1.82, 2.24) is 10.2 Å². The van der Waals surface area contributed by atoms with E-state index in [1.807, 2.05) is 0 Å². The summed E-state index contributed by atoms with van der Waals surface area (Å²) in [6.07, 6.45) is 3.65. The Morgan fingerprint density at radius 1 is 1.29 bits per heavy atom. The number of benzene rings is 1. The molecule has 1 amide bonds. The molecule has 0 bridgehead atoms. The summed E-state index contributed by atoms with van der Waals surface area (Å²) in [5, 5.41) is 7.29. The first-order chi connectivity index (χ1) is 11.6. The zero-order valence-electron chi connectivity index (χ0n) is 13.3. The lowest BCUT2D eigenvalue weighted by Gasteiger charge is -2.34. The van der Waals surface area contributed by atoms with Gasteiger partial charge in [0.05, 0.1) is 16.6 Å². The van der Waals surface area contributed by atoms with Gasteiger partial charge in [-0.15, -0.1) is 0 Å². The number of carbonyl (C=O) groups excluding carboxylic acids is 1. The Labute approximate surface area is 150 Å². The standard InChI is InChI=1S/C18H20ClFN2OS/c19-16-10-14(20)4-5-15(16)18(23)21-11-17(13-6-9-24-12-13)22-7-2-1-3-8-22/h4-6,9-10,12,17H,1-3,7-8,11H2,(H,21,23). The van der Waals surface area contributed by atoms with Gasteiger partial charge in [0.15, 0.2) is 0 Å². The van der Waals surface area contributed by atoms with Crippen molar-refractivity contribution in [2.45, 2.75) is 25.3 Å². The highest BCUT2D eigenvalue weighted by Gasteiger charge is 2.23. The Morgan fingerprint density at radius 2 is 2.08 bits per heavy atom. The normalized spacial score (nSPS) is 16.8. The van der Waals surface area contributed by atoms with Gasteiger partial charge in [0, 0.05) is 6.54 Å². The summed E-state index contributed by atoms with van der Waals surface area (Å²) in [6.45, 7) is 2.62. The van der Waals surface area contributed by atoms with Crippen LogP contribution in [0.4, 0.5) is 4.39 Å². The minimum absolute atomic E-state index is 0.137. The van der Waals surface area contributed by atoms with Crippen LogP contribution in [0.2, 0.25) is 5.02 Å². The van der Waals surface area contributed by atoms with Crippen molar-refractivity contribution < 1.29 is 9.18 Å². The van der Waals surface area contributed by atoms with E-state index in [-0.39, 0.29) is 17.0 Å². The van der Waals surface area contributed by atoms with Crippen LogP contribution in [0.1, 0.15) is 41.2 Å². The second kappa shape index (κ2) is 8.10. The fraction of sp³-hybridized carbons (Fsp3) is 0.389. The topological polar surface area (TPSA) is 32.3 Å². The molecule has 2 aromatic rings. The van der Waals surface area contributed by atoms with E-state index in [9.17, 15) is 9.18 Å². The lowest BCUT2D eigenvalue weighted by Crippen LogP contribution is -2.40. The van der Waals surface area contributed by atoms with Crippen LogP contribution < -0.4 is 5.32 Å². The number of hydrogen-bond donors (Lipinski definition) is 1. The molecule has 3 nitrogen and oxygen atoms in total. The molecule has 128 valence electrons. The minimum atomic E-state index is -0.444. The molecule has 0 aliphatic carbocycles. The summed E-state index contributed by atoms with van der Waals surface area (Å²) in [6, 6.07) is 6.12. The Kier molecular flexibility index (Phi) is 5.87. The van der Waals surface area contributed by atoms with Gasteiger partial charge in [-0.3, -0.25) is 9.69 Å². The van der Waals surface area contributed by atoms with Crippen LogP contribution in [0, 0.1) is 5.82 Å². The Bertz CT molecular complexity index is 686. The van der Waals surface area contributed by atoms with Gasteiger partial charge in [-0.2, -0.15) is 11.3 Å². The molecule has 1 saturated heterocycles. The maximum atomic E-state index is 13.1. The number of likely N-dealkylation sites (tertiary alicyclic amines) is 1. The molecule has 1 aliphatic rings. The van der Waals surface area contributed by atoms with E-state index in [2.05, 4.69) is 27.0 Å². The van der Waals surface area contributed by atoms with Gasteiger partial charge >= 0.3 is 0 Å². The second-order valence-corrected chi connectivity index (χ2v) is 7.19. The highest BCUT2D eigenvalue weighted by atomic mass is 35.5. The first-order valence-electron chi connectivity index (χ1n) is 8.14. The zero-order valence-corrected chi connectivity index (χ0v) is 14.9. The smallest absolute Gasteiger partial charge is 0.252 e. The highest BCUT2D eigenvalue weighted by molar-refractivity contribution is 7.07. The number of amides is 1. The Hall–Kier alpha value is -1.43. The van der Waals surface area contributed by atoms with E-state index in [1.165, 1.54) is 37.0 Å². The van der Waals surface area contributed by atoms with Crippen LogP contribution in [0.15, 0.2) is 35.0 Å². The molecule has 6 heteroatoms. The van der Waals surface area contributed by atoms with E-state index in [0.29, 0.717) is 12.1 Å². The molecule has 3 rings (SSSR count). The minimum Gasteiger partial charge on any atom is -0.350 e. The Morgan fingerprint density at radius 3 is 2.75 bits per heavy atom. The van der Waals surface area contributed by atoms with Crippen LogP contribution >= 0.6 is 22.9 Å². The zero-order chi connectivity index (χ0) is 16.9. The average Bonchev–Trinajstić information content (AvgIpc) is 3.10. The molecule has 1 aromatic carbocycles. The summed E-state index contributed by atoms with van der Waals surface area (Å²) in [7, 11) is 0. The lowest BCUT2D eigenvalue weighted by molar-refractivity contribution is 0.0924. The molecule has 1 aromatic heterocycles. The maximum absolute atomic E-state index is 13.1. The SMILES string of the molecule is O=C(NCC(c1ccsc1)N1CCCCC1)c1ccc(F)cc1Cl. The number of hydrogen-bond acceptors (Lipinski definition) is 3. The van der Waals surface area contributed by atoms with Crippen molar-refractivity contribution in [2.75, 3.05) is 19.6 Å². The van der Waals surface area contributed by atoms with Crippen molar-refractivity contribution in [3.8, 4) is 0 Å². The molecule has 24 heavy (non-hydrogen) atoms. The fourth-order valence-electron chi connectivity index (χ4n) is 3.11. The predicted molar refractivity (Wildman–Crippen MR) is 96.2 cm³/mol. The molecule has 1 N–H and O–H groups in total. The van der Waals surface area contributed by atoms with Gasteiger partial charge in [-0.25, -0.2) is 4.39 Å². The molecule has 1 fully saturated rings. The lowest BCUT2D eigenvalue weighted by atomic mass is 10.0. The van der Waals surface area contributed by atoms with Gasteiger partial charge in [0.25, 0.3) is 5.91 Å². The third-order valence-electron chi connectivity index (χ3n) is 4.39. The van der Waals surface area contributed by atoms with Gasteiger partial charge in [-0.05, 0) is 66.5 Å². The molecule has 0 saturated carbocycles. The molecular formula is C18H20ClFN2OS. The van der Waals surface area contributed by atoms with E-state index in [0.717, 1.165) is 19.2 Å². The fourth-order valence-corrected chi connectivity index (χ4v) is 4.07. The molecule has 0 radical (unpaired) electrons. The maximum Gasteiger partial charge on any atom is 0.252 e. The number of carbonyl (C=O) groups is 1. The molecule has 1 atom stereocenters. The van der Waals surface area contributed by atoms with E-state index < -0.39 is 5.82 Å². The third-order valence-corrected chi connectivity index (χ3v) is 5.41. The third kappa shape index (κ3) is 4.15. The first-order valence-corrected chi connectivity index (χ1v) is 9.46. The van der Waals surface area contributed by atoms with Crippen molar-refractivity contribution in [3.05, 3.63) is 57.0 Å². The van der Waals surface area contributed by atoms with Crippen molar-refractivity contribution in [2.24, 2.45) is 0 Å². The largest absolute Gasteiger partial charge is 0.350 e. The number of thiophene rings is 1. The van der Waals surface area contributed by atoms with E-state index in [1.54, 1.807) is 11.3 Å². The van der Waals surface area contributed by atoms with Crippen molar-refractivity contribution >= 4 is 28.8 Å². The van der Waals surface area contributed by atoms with Crippen molar-refractivity contribution in [1.29, 1.82) is 0 Å². The van der Waals surface area contributed by atoms with Crippen LogP contribution in [-0.2, 0) is 0 Å². The number of halogens is 2. The number of rotatable bonds is 5. The molecule has 1 aliphatic heterocycles. The van der Waals surface area contributed by atoms with Gasteiger partial charge in [0.1, 0.15) is 5.82 Å². The predicted octanol–water partition coefficient (Wildman–Crippen LogP) is 4.50. The first kappa shape index (κ1) is 17.4. The number of piperidine rings is 1. The van der Waals surface area contributed by atoms with E-state index in [4.69, 9.17) is 11.6 Å². The second-order valence-electron chi connectivity index (χ2n) is 6.00. The van der Waals surface area contributed by atoms with Gasteiger partial charge < -0.3 is 5.32 Å². The average molecular weight is 367 g/mol. The summed E-state index contributed by atoms with van der Waals surface area (Å²) in [5.74, 6) is -0.710. The van der Waals surface area contributed by atoms with Crippen LogP contribution in [0.5, 0.6) is 0 Å². The monoisotopic (exact) mass is 366 g/mol. The van der Waals surface area contributed by atoms with Crippen LogP contribution in [0.3, 0.4) is 0 Å². The number of nitrogens with zero attached hydrogens (tertiary/aromatic N) is 1. The quantitative estimate of drug-likeness (QED) is 0.845. The van der Waals surface area contributed by atoms with Crippen molar-refractivity contribution in [3.63, 3.8) is 0 Å². The summed E-state index contributed by atoms with van der Waals surface area (Å²) in [5.41, 5.74) is 1.54. The molecule has 0 spiro atoms. The van der Waals surface area contributed by atoms with Crippen LogP contribution in [0.25, 0.3) is 0 Å². The van der Waals surface area contributed by atoms with E-state index >= 15 is 0 Å². The van der Waals surface area contributed by atoms with Gasteiger partial charge in [-0.1, -0.05) is 18.0 Å². The summed E-state index contributed by atoms with van der Waals surface area (Å²) < 4.78 is 13.1. The van der Waals surface area contributed by atoms with Crippen LogP contribution in [-0.4, -0.2) is 30.4 Å². The molecule has 2 heterocycles. The molecular weight excluding hydrogens is 347 g/mol. The molecule has 1 unspecified atom stereocenters.